The number of aromatic nitrogens is 4. The minimum absolute atomic E-state index is 0.0891. The summed E-state index contributed by atoms with van der Waals surface area (Å²) in [6.07, 6.45) is 1.54. The van der Waals surface area contributed by atoms with Crippen LogP contribution in [0.3, 0.4) is 0 Å². The van der Waals surface area contributed by atoms with Gasteiger partial charge in [-0.1, -0.05) is 36.4 Å². The van der Waals surface area contributed by atoms with Gasteiger partial charge in [0.2, 0.25) is 0 Å². The normalized spacial score (nSPS) is 15.6. The molecule has 1 unspecified atom stereocenters. The van der Waals surface area contributed by atoms with E-state index in [0.29, 0.717) is 37.0 Å². The van der Waals surface area contributed by atoms with Crippen LogP contribution in [0.1, 0.15) is 62.0 Å². The van der Waals surface area contributed by atoms with Crippen LogP contribution in [0, 0.1) is 18.3 Å². The summed E-state index contributed by atoms with van der Waals surface area (Å²) in [5, 5.41) is 19.2. The smallest absolute Gasteiger partial charge is 0.410 e. The Labute approximate surface area is 245 Å². The number of ether oxygens (including phenoxy) is 1. The van der Waals surface area contributed by atoms with E-state index >= 15 is 0 Å². The maximum atomic E-state index is 12.9. The van der Waals surface area contributed by atoms with E-state index in [1.54, 1.807) is 0 Å². The Bertz CT molecular complexity index is 1810. The van der Waals surface area contributed by atoms with Crippen LogP contribution in [0.15, 0.2) is 66.7 Å². The van der Waals surface area contributed by atoms with Crippen molar-refractivity contribution in [2.24, 2.45) is 0 Å². The molecule has 1 fully saturated rings. The standard InChI is InChI=1S/C33H35N7O2/c1-22-18-26-24(19-34)12-8-14-28(26)39(22)31-36-30(35-20-23-10-6-5-7-11-23)29-16-15-27(40(29)37-31)25-13-9-17-38(21-25)32(41)42-33(2,3)4/h5-8,10-12,14-16,18,25H,9,13,17,20-21H2,1-4H3,(H,35,36,37). The Morgan fingerprint density at radius 2 is 1.90 bits per heavy atom. The number of nitriles is 1. The molecule has 9 heteroatoms. The van der Waals surface area contributed by atoms with Gasteiger partial charge in [-0.25, -0.2) is 9.31 Å². The fourth-order valence-electron chi connectivity index (χ4n) is 5.76. The van der Waals surface area contributed by atoms with Crippen LogP contribution < -0.4 is 5.32 Å². The Balaban J connectivity index is 1.44. The zero-order chi connectivity index (χ0) is 29.4. The fraction of sp³-hybridized carbons (Fsp3) is 0.333. The van der Waals surface area contributed by atoms with E-state index in [-0.39, 0.29) is 12.0 Å². The molecule has 4 heterocycles. The van der Waals surface area contributed by atoms with Crippen molar-refractivity contribution >= 4 is 28.3 Å². The van der Waals surface area contributed by atoms with E-state index in [1.165, 1.54) is 0 Å². The van der Waals surface area contributed by atoms with Gasteiger partial charge in [0.1, 0.15) is 11.1 Å². The molecule has 3 aromatic heterocycles. The zero-order valence-electron chi connectivity index (χ0n) is 24.5. The number of carbonyl (C=O) groups is 1. The average molecular weight is 562 g/mol. The lowest BCUT2D eigenvalue weighted by Crippen LogP contribution is -2.42. The molecular weight excluding hydrogens is 526 g/mol. The predicted octanol–water partition coefficient (Wildman–Crippen LogP) is 6.58. The van der Waals surface area contributed by atoms with Crippen molar-refractivity contribution in [3.63, 3.8) is 0 Å². The van der Waals surface area contributed by atoms with Crippen LogP contribution in [0.2, 0.25) is 0 Å². The van der Waals surface area contributed by atoms with Crippen LogP contribution in [-0.2, 0) is 11.3 Å². The number of piperidine rings is 1. The number of anilines is 1. The quantitative estimate of drug-likeness (QED) is 0.260. The average Bonchev–Trinajstić information content (AvgIpc) is 3.56. The van der Waals surface area contributed by atoms with Crippen LogP contribution in [0.5, 0.6) is 0 Å². The second kappa shape index (κ2) is 10.9. The monoisotopic (exact) mass is 561 g/mol. The second-order valence-electron chi connectivity index (χ2n) is 11.9. The van der Waals surface area contributed by atoms with Crippen LogP contribution in [0.4, 0.5) is 10.6 Å². The molecule has 6 rings (SSSR count). The summed E-state index contributed by atoms with van der Waals surface area (Å²) in [7, 11) is 0. The highest BCUT2D eigenvalue weighted by atomic mass is 16.6. The summed E-state index contributed by atoms with van der Waals surface area (Å²) >= 11 is 0. The maximum Gasteiger partial charge on any atom is 0.410 e. The SMILES string of the molecule is Cc1cc2c(C#N)cccc2n1-c1nc(NCc2ccccc2)c2ccc(C3CCCN(C(=O)OC(C)(C)C)C3)n2n1. The van der Waals surface area contributed by atoms with Gasteiger partial charge in [-0.3, -0.25) is 4.57 Å². The summed E-state index contributed by atoms with van der Waals surface area (Å²) < 4.78 is 9.65. The molecule has 1 aliphatic heterocycles. The van der Waals surface area contributed by atoms with Gasteiger partial charge < -0.3 is 15.0 Å². The van der Waals surface area contributed by atoms with Crippen molar-refractivity contribution < 1.29 is 9.53 Å². The lowest BCUT2D eigenvalue weighted by Gasteiger charge is -2.34. The van der Waals surface area contributed by atoms with Crippen molar-refractivity contribution in [1.29, 1.82) is 5.26 Å². The van der Waals surface area contributed by atoms with E-state index in [0.717, 1.165) is 46.2 Å². The number of carbonyl (C=O) groups excluding carboxylic acids is 1. The lowest BCUT2D eigenvalue weighted by atomic mass is 9.95. The van der Waals surface area contributed by atoms with E-state index in [4.69, 9.17) is 14.8 Å². The summed E-state index contributed by atoms with van der Waals surface area (Å²) in [6.45, 7) is 9.51. The molecule has 5 aromatic rings. The van der Waals surface area contributed by atoms with Gasteiger partial charge in [-0.15, -0.1) is 5.10 Å². The fourth-order valence-corrected chi connectivity index (χ4v) is 5.76. The second-order valence-corrected chi connectivity index (χ2v) is 11.9. The number of benzene rings is 2. The van der Waals surface area contributed by atoms with Gasteiger partial charge in [0.15, 0.2) is 5.82 Å². The molecule has 0 aliphatic carbocycles. The number of rotatable bonds is 5. The third-order valence-electron chi connectivity index (χ3n) is 7.67. The number of aryl methyl sites for hydroxylation is 1. The van der Waals surface area contributed by atoms with E-state index < -0.39 is 5.60 Å². The summed E-state index contributed by atoms with van der Waals surface area (Å²) in [5.74, 6) is 1.32. The first-order valence-corrected chi connectivity index (χ1v) is 14.4. The first kappa shape index (κ1) is 27.3. The van der Waals surface area contributed by atoms with Crippen LogP contribution >= 0.6 is 0 Å². The number of nitrogens with one attached hydrogen (secondary N) is 1. The zero-order valence-corrected chi connectivity index (χ0v) is 24.5. The maximum absolute atomic E-state index is 12.9. The summed E-state index contributed by atoms with van der Waals surface area (Å²) in [6, 6.07) is 24.4. The highest BCUT2D eigenvalue weighted by Crippen LogP contribution is 2.32. The molecule has 0 radical (unpaired) electrons. The molecule has 1 aliphatic rings. The molecule has 1 amide bonds. The minimum atomic E-state index is -0.546. The van der Waals surface area contributed by atoms with Gasteiger partial charge in [0, 0.05) is 42.3 Å². The Hall–Kier alpha value is -4.84. The number of hydrogen-bond donors (Lipinski definition) is 1. The van der Waals surface area contributed by atoms with Gasteiger partial charge in [-0.2, -0.15) is 10.2 Å². The number of likely N-dealkylation sites (tertiary alicyclic amines) is 1. The molecule has 9 nitrogen and oxygen atoms in total. The van der Waals surface area contributed by atoms with Gasteiger partial charge in [-0.05, 0) is 76.4 Å². The topological polar surface area (TPSA) is 100 Å². The van der Waals surface area contributed by atoms with E-state index in [1.807, 2.05) is 90.2 Å². The van der Waals surface area contributed by atoms with E-state index in [9.17, 15) is 10.1 Å². The third-order valence-corrected chi connectivity index (χ3v) is 7.67. The molecule has 42 heavy (non-hydrogen) atoms. The van der Waals surface area contributed by atoms with Crippen molar-refractivity contribution in [2.75, 3.05) is 18.4 Å². The first-order valence-electron chi connectivity index (χ1n) is 14.4. The lowest BCUT2D eigenvalue weighted by molar-refractivity contribution is 0.0196. The Kier molecular flexibility index (Phi) is 7.07. The number of amides is 1. The van der Waals surface area contributed by atoms with Crippen molar-refractivity contribution in [3.05, 3.63) is 89.2 Å². The molecule has 2 aromatic carbocycles. The molecule has 0 spiro atoms. The van der Waals surface area contributed by atoms with Gasteiger partial charge >= 0.3 is 6.09 Å². The molecule has 0 saturated carbocycles. The molecule has 1 saturated heterocycles. The third kappa shape index (κ3) is 5.28. The Morgan fingerprint density at radius 1 is 1.10 bits per heavy atom. The molecular formula is C33H35N7O2. The van der Waals surface area contributed by atoms with Gasteiger partial charge in [0.05, 0.1) is 17.1 Å². The van der Waals surface area contributed by atoms with Crippen molar-refractivity contribution in [1.82, 2.24) is 24.1 Å². The molecule has 214 valence electrons. The minimum Gasteiger partial charge on any atom is -0.444 e. The summed E-state index contributed by atoms with van der Waals surface area (Å²) in [5.41, 5.74) is 4.91. The largest absolute Gasteiger partial charge is 0.444 e. The van der Waals surface area contributed by atoms with E-state index in [2.05, 4.69) is 29.6 Å². The highest BCUT2D eigenvalue weighted by Gasteiger charge is 2.30. The molecule has 1 N–H and O–H groups in total. The molecule has 0 bridgehead atoms. The number of nitrogens with zero attached hydrogens (tertiary/aromatic N) is 6. The number of hydrogen-bond acceptors (Lipinski definition) is 6. The predicted molar refractivity (Wildman–Crippen MR) is 163 cm³/mol. The van der Waals surface area contributed by atoms with Gasteiger partial charge in [0.25, 0.3) is 5.95 Å². The Morgan fingerprint density at radius 3 is 2.67 bits per heavy atom. The van der Waals surface area contributed by atoms with Crippen molar-refractivity contribution in [3.8, 4) is 12.0 Å². The first-order chi connectivity index (χ1) is 20.2. The summed E-state index contributed by atoms with van der Waals surface area (Å²) in [4.78, 5) is 19.8. The molecule has 1 atom stereocenters. The van der Waals surface area contributed by atoms with Crippen LogP contribution in [0.25, 0.3) is 22.4 Å². The van der Waals surface area contributed by atoms with Crippen LogP contribution in [-0.4, -0.2) is 48.8 Å². The number of fused-ring (bicyclic) bond motifs is 2. The van der Waals surface area contributed by atoms with Crippen molar-refractivity contribution in [2.45, 2.75) is 58.6 Å². The highest BCUT2D eigenvalue weighted by molar-refractivity contribution is 5.88.